The third-order valence-corrected chi connectivity index (χ3v) is 6.12. The fourth-order valence-corrected chi connectivity index (χ4v) is 4.57. The lowest BCUT2D eigenvalue weighted by atomic mass is 10.1. The lowest BCUT2D eigenvalue weighted by Gasteiger charge is -2.22. The van der Waals surface area contributed by atoms with Gasteiger partial charge in [0.15, 0.2) is 17.0 Å². The monoisotopic (exact) mass is 501 g/mol. The summed E-state index contributed by atoms with van der Waals surface area (Å²) < 4.78 is 45.2. The van der Waals surface area contributed by atoms with Gasteiger partial charge in [-0.15, -0.1) is 0 Å². The molecule has 2 aromatic heterocycles. The Morgan fingerprint density at radius 2 is 2.09 bits per heavy atom. The van der Waals surface area contributed by atoms with Gasteiger partial charge in [0, 0.05) is 18.4 Å². The van der Waals surface area contributed by atoms with Crippen LogP contribution in [0.5, 0.6) is 0 Å². The Labute approximate surface area is 198 Å². The lowest BCUT2D eigenvalue weighted by Crippen LogP contribution is -2.34. The van der Waals surface area contributed by atoms with Gasteiger partial charge in [0.05, 0.1) is 12.4 Å². The Balaban J connectivity index is 1.68. The van der Waals surface area contributed by atoms with Crippen molar-refractivity contribution < 1.29 is 27.7 Å². The average molecular weight is 502 g/mol. The van der Waals surface area contributed by atoms with Gasteiger partial charge in [0.1, 0.15) is 18.9 Å². The minimum absolute atomic E-state index is 0.00486. The summed E-state index contributed by atoms with van der Waals surface area (Å²) in [4.78, 5) is 24.7. The molecule has 2 aromatic rings. The molecule has 1 aliphatic heterocycles. The predicted octanol–water partition coefficient (Wildman–Crippen LogP) is 2.79. The molecule has 190 valence electrons. The Hall–Kier alpha value is -2.34. The van der Waals surface area contributed by atoms with Crippen LogP contribution in [-0.2, 0) is 23.4 Å². The number of hydrogen-bond acceptors (Lipinski definition) is 10. The van der Waals surface area contributed by atoms with E-state index in [2.05, 4.69) is 25.4 Å². The quantitative estimate of drug-likeness (QED) is 0.325. The first-order chi connectivity index (χ1) is 15.9. The largest absolute Gasteiger partial charge is 0.462 e. The summed E-state index contributed by atoms with van der Waals surface area (Å²) in [5, 5.41) is 5.68. The number of carbonyl (C=O) groups excluding carboxylic acids is 1. The topological polar surface area (TPSA) is 156 Å². The highest BCUT2D eigenvalue weighted by molar-refractivity contribution is 7.36. The zero-order valence-electron chi connectivity index (χ0n) is 20.2. The van der Waals surface area contributed by atoms with Crippen LogP contribution in [0.15, 0.2) is 6.33 Å². The van der Waals surface area contributed by atoms with Gasteiger partial charge in [-0.25, -0.2) is 14.5 Å². The number of nitrogens with one attached hydrogen (secondary N) is 2. The molecule has 0 saturated carbocycles. The first-order valence-corrected chi connectivity index (χ1v) is 12.5. The number of aromatic nitrogens is 4. The third kappa shape index (κ3) is 6.21. The first kappa shape index (κ1) is 26.3. The molecule has 0 aliphatic carbocycles. The molecule has 34 heavy (non-hydrogen) atoms. The second kappa shape index (κ2) is 10.5. The molecule has 1 saturated heterocycles. The minimum atomic E-state index is -2.92. The Morgan fingerprint density at radius 1 is 1.38 bits per heavy atom. The SMILES string of the molecule is CC(C)Nc1nc(N)nc2c1ncn2[C@@H]1O[C@](F)(CO[PH](=O)N[C@@H](C)C(=O)OC(C)C)C[C@@H]1C. The predicted molar refractivity (Wildman–Crippen MR) is 125 cm³/mol. The number of alkyl halides is 1. The van der Waals surface area contributed by atoms with E-state index in [1.54, 1.807) is 18.4 Å². The van der Waals surface area contributed by atoms with E-state index in [-0.39, 0.29) is 30.4 Å². The van der Waals surface area contributed by atoms with Crippen molar-refractivity contribution >= 4 is 37.1 Å². The van der Waals surface area contributed by atoms with E-state index < -0.39 is 38.9 Å². The van der Waals surface area contributed by atoms with Crippen LogP contribution in [0.1, 0.15) is 54.2 Å². The number of carbonyl (C=O) groups is 1. The fourth-order valence-electron chi connectivity index (χ4n) is 3.66. The van der Waals surface area contributed by atoms with E-state index in [1.807, 2.05) is 20.8 Å². The summed E-state index contributed by atoms with van der Waals surface area (Å²) in [6.45, 7) is 10.1. The van der Waals surface area contributed by atoms with Gasteiger partial charge in [-0.2, -0.15) is 9.97 Å². The van der Waals surface area contributed by atoms with Crippen LogP contribution in [-0.4, -0.2) is 56.1 Å². The van der Waals surface area contributed by atoms with E-state index >= 15 is 4.39 Å². The number of nitrogens with zero attached hydrogens (tertiary/aromatic N) is 4. The molecule has 0 bridgehead atoms. The van der Waals surface area contributed by atoms with Crippen LogP contribution in [0.25, 0.3) is 11.2 Å². The highest BCUT2D eigenvalue weighted by Gasteiger charge is 2.47. The van der Waals surface area contributed by atoms with Crippen molar-refractivity contribution in [3.05, 3.63) is 6.33 Å². The summed E-state index contributed by atoms with van der Waals surface area (Å²) >= 11 is 0. The van der Waals surface area contributed by atoms with Crippen molar-refractivity contribution in [3.8, 4) is 0 Å². The molecule has 0 radical (unpaired) electrons. The molecule has 0 spiro atoms. The van der Waals surface area contributed by atoms with E-state index in [1.165, 1.54) is 13.3 Å². The van der Waals surface area contributed by atoms with Crippen molar-refractivity contribution in [3.63, 3.8) is 0 Å². The molecule has 12 nitrogen and oxygen atoms in total. The van der Waals surface area contributed by atoms with E-state index in [9.17, 15) is 9.36 Å². The molecule has 5 atom stereocenters. The normalized spacial score (nSPS) is 24.6. The van der Waals surface area contributed by atoms with Crippen molar-refractivity contribution in [2.75, 3.05) is 17.7 Å². The van der Waals surface area contributed by atoms with Gasteiger partial charge in [-0.05, 0) is 34.6 Å². The van der Waals surface area contributed by atoms with Gasteiger partial charge in [-0.3, -0.25) is 13.9 Å². The van der Waals surface area contributed by atoms with Crippen molar-refractivity contribution in [1.29, 1.82) is 0 Å². The number of ether oxygens (including phenoxy) is 2. The van der Waals surface area contributed by atoms with Crippen LogP contribution in [0.3, 0.4) is 0 Å². The summed E-state index contributed by atoms with van der Waals surface area (Å²) in [5.74, 6) is -2.52. The second-order valence-electron chi connectivity index (χ2n) is 9.05. The fraction of sp³-hybridized carbons (Fsp3) is 0.700. The van der Waals surface area contributed by atoms with Gasteiger partial charge < -0.3 is 25.0 Å². The van der Waals surface area contributed by atoms with Crippen LogP contribution in [0, 0.1) is 5.92 Å². The summed E-state index contributed by atoms with van der Waals surface area (Å²) in [5.41, 5.74) is 6.77. The van der Waals surface area contributed by atoms with Crippen molar-refractivity contribution in [2.45, 2.75) is 78.2 Å². The number of nitrogens with two attached hydrogens (primary N) is 1. The number of esters is 1. The Bertz CT molecular complexity index is 1050. The van der Waals surface area contributed by atoms with Gasteiger partial charge in [0.2, 0.25) is 11.8 Å². The van der Waals surface area contributed by atoms with Crippen LogP contribution >= 0.6 is 8.18 Å². The lowest BCUT2D eigenvalue weighted by molar-refractivity contribution is -0.172. The number of anilines is 2. The van der Waals surface area contributed by atoms with Gasteiger partial charge in [0.25, 0.3) is 8.18 Å². The molecule has 1 fully saturated rings. The van der Waals surface area contributed by atoms with E-state index in [0.29, 0.717) is 17.0 Å². The minimum Gasteiger partial charge on any atom is -0.462 e. The first-order valence-electron chi connectivity index (χ1n) is 11.2. The average Bonchev–Trinajstić information content (AvgIpc) is 3.26. The van der Waals surface area contributed by atoms with Crippen LogP contribution < -0.4 is 16.1 Å². The summed E-state index contributed by atoms with van der Waals surface area (Å²) in [6, 6.07) is -0.775. The molecule has 3 rings (SSSR count). The summed E-state index contributed by atoms with van der Waals surface area (Å²) in [6.07, 6.45) is 0.450. The number of fused-ring (bicyclic) bond motifs is 1. The molecule has 14 heteroatoms. The zero-order chi connectivity index (χ0) is 25.2. The highest BCUT2D eigenvalue weighted by atomic mass is 31.1. The molecule has 1 unspecified atom stereocenters. The highest BCUT2D eigenvalue weighted by Crippen LogP contribution is 2.44. The second-order valence-corrected chi connectivity index (χ2v) is 10.2. The molecule has 4 N–H and O–H groups in total. The smallest absolute Gasteiger partial charge is 0.323 e. The Morgan fingerprint density at radius 3 is 2.74 bits per heavy atom. The molecule has 1 aliphatic rings. The maximum Gasteiger partial charge on any atom is 0.323 e. The molecular formula is C20H33FN7O5P. The van der Waals surface area contributed by atoms with Gasteiger partial charge >= 0.3 is 5.97 Å². The molecule has 3 heterocycles. The number of rotatable bonds is 10. The Kier molecular flexibility index (Phi) is 8.12. The number of halogens is 1. The summed E-state index contributed by atoms with van der Waals surface area (Å²) in [7, 11) is -2.92. The number of nitrogen functional groups attached to an aromatic ring is 1. The van der Waals surface area contributed by atoms with Crippen LogP contribution in [0.4, 0.5) is 16.2 Å². The van der Waals surface area contributed by atoms with E-state index in [4.69, 9.17) is 19.7 Å². The number of hydrogen-bond donors (Lipinski definition) is 3. The van der Waals surface area contributed by atoms with Crippen molar-refractivity contribution in [1.82, 2.24) is 24.6 Å². The zero-order valence-corrected chi connectivity index (χ0v) is 21.2. The van der Waals surface area contributed by atoms with Gasteiger partial charge in [-0.1, -0.05) is 6.92 Å². The maximum atomic E-state index is 15.5. The number of imidazole rings is 1. The van der Waals surface area contributed by atoms with E-state index in [0.717, 1.165) is 0 Å². The standard InChI is InChI=1S/C20H33FN7O5P/c1-10(2)24-15-14-16(26-19(22)25-15)28(9-23-14)17-12(5)7-20(21,33-17)8-31-34(30)27-13(6)18(29)32-11(3)4/h9-13,17,34H,7-8H2,1-6H3,(H,27,30)(H3,22,24,25,26)/t12-,13-,17+,20-/m0/s1. The molecule has 0 aromatic carbocycles. The molecular weight excluding hydrogens is 468 g/mol. The maximum absolute atomic E-state index is 15.5. The molecule has 0 amide bonds. The van der Waals surface area contributed by atoms with Crippen molar-refractivity contribution in [2.24, 2.45) is 5.92 Å². The third-order valence-electron chi connectivity index (χ3n) is 5.04. The van der Waals surface area contributed by atoms with Crippen LogP contribution in [0.2, 0.25) is 0 Å².